The van der Waals surface area contributed by atoms with Crippen molar-refractivity contribution in [3.63, 3.8) is 0 Å². The maximum atomic E-state index is 10.9. The number of aryl methyl sites for hydroxylation is 1. The lowest BCUT2D eigenvalue weighted by molar-refractivity contribution is -0.138. The SMILES string of the molecule is Cc1cc(C(N)C(=O)O)cc(C(C)(C)C)c1O. The first-order valence-electron chi connectivity index (χ1n) is 5.47. The first kappa shape index (κ1) is 13.5. The van der Waals surface area contributed by atoms with Crippen LogP contribution in [0.1, 0.15) is 43.5 Å². The predicted molar refractivity (Wildman–Crippen MR) is 66.1 cm³/mol. The third-order valence-corrected chi connectivity index (χ3v) is 2.76. The van der Waals surface area contributed by atoms with E-state index in [0.717, 1.165) is 0 Å². The standard InChI is InChI=1S/C13H19NO3/c1-7-5-8(10(14)12(16)17)6-9(11(7)15)13(2,3)4/h5-6,10,15H,14H2,1-4H3,(H,16,17). The van der Waals surface area contributed by atoms with Crippen molar-refractivity contribution >= 4 is 5.97 Å². The Bertz CT molecular complexity index is 447. The van der Waals surface area contributed by atoms with Crippen molar-refractivity contribution in [1.29, 1.82) is 0 Å². The average Bonchev–Trinajstić information content (AvgIpc) is 2.18. The molecule has 0 aliphatic carbocycles. The van der Waals surface area contributed by atoms with Crippen molar-refractivity contribution < 1.29 is 15.0 Å². The van der Waals surface area contributed by atoms with Crippen molar-refractivity contribution in [2.75, 3.05) is 0 Å². The first-order valence-corrected chi connectivity index (χ1v) is 5.47. The van der Waals surface area contributed by atoms with E-state index in [4.69, 9.17) is 10.8 Å². The fourth-order valence-electron chi connectivity index (χ4n) is 1.70. The van der Waals surface area contributed by atoms with Gasteiger partial charge >= 0.3 is 5.97 Å². The van der Waals surface area contributed by atoms with Crippen LogP contribution < -0.4 is 5.73 Å². The van der Waals surface area contributed by atoms with E-state index < -0.39 is 12.0 Å². The Kier molecular flexibility index (Phi) is 3.48. The van der Waals surface area contributed by atoms with Crippen LogP contribution in [0, 0.1) is 6.92 Å². The molecule has 0 aliphatic rings. The highest BCUT2D eigenvalue weighted by Crippen LogP contribution is 2.35. The molecule has 1 aromatic carbocycles. The second-order valence-electron chi connectivity index (χ2n) is 5.30. The second-order valence-corrected chi connectivity index (χ2v) is 5.30. The van der Waals surface area contributed by atoms with E-state index in [2.05, 4.69) is 0 Å². The fraction of sp³-hybridized carbons (Fsp3) is 0.462. The Balaban J connectivity index is 3.39. The quantitative estimate of drug-likeness (QED) is 0.735. The van der Waals surface area contributed by atoms with Crippen molar-refractivity contribution in [2.45, 2.75) is 39.2 Å². The zero-order chi connectivity index (χ0) is 13.4. The topological polar surface area (TPSA) is 83.6 Å². The van der Waals surface area contributed by atoms with Gasteiger partial charge in [0.15, 0.2) is 0 Å². The van der Waals surface area contributed by atoms with Crippen molar-refractivity contribution in [3.05, 3.63) is 28.8 Å². The molecule has 94 valence electrons. The van der Waals surface area contributed by atoms with Crippen molar-refractivity contribution in [1.82, 2.24) is 0 Å². The fourth-order valence-corrected chi connectivity index (χ4v) is 1.70. The van der Waals surface area contributed by atoms with Crippen LogP contribution in [0.15, 0.2) is 12.1 Å². The summed E-state index contributed by atoms with van der Waals surface area (Å²) >= 11 is 0. The molecule has 17 heavy (non-hydrogen) atoms. The number of benzene rings is 1. The molecule has 1 aromatic rings. The van der Waals surface area contributed by atoms with Gasteiger partial charge in [-0.05, 0) is 35.1 Å². The molecule has 0 heterocycles. The lowest BCUT2D eigenvalue weighted by atomic mass is 9.83. The molecule has 0 aliphatic heterocycles. The first-order chi connectivity index (χ1) is 7.64. The molecular weight excluding hydrogens is 218 g/mol. The van der Waals surface area contributed by atoms with Gasteiger partial charge in [-0.3, -0.25) is 4.79 Å². The number of carbonyl (C=O) groups is 1. The van der Waals surface area contributed by atoms with Gasteiger partial charge in [0.2, 0.25) is 0 Å². The minimum absolute atomic E-state index is 0.207. The van der Waals surface area contributed by atoms with E-state index in [1.807, 2.05) is 20.8 Å². The number of rotatable bonds is 2. The van der Waals surface area contributed by atoms with Crippen molar-refractivity contribution in [3.8, 4) is 5.75 Å². The van der Waals surface area contributed by atoms with E-state index in [1.165, 1.54) is 0 Å². The van der Waals surface area contributed by atoms with Gasteiger partial charge < -0.3 is 15.9 Å². The monoisotopic (exact) mass is 237 g/mol. The maximum absolute atomic E-state index is 10.9. The lowest BCUT2D eigenvalue weighted by Gasteiger charge is -2.23. The van der Waals surface area contributed by atoms with Gasteiger partial charge in [0, 0.05) is 0 Å². The molecule has 4 N–H and O–H groups in total. The maximum Gasteiger partial charge on any atom is 0.325 e. The second kappa shape index (κ2) is 4.37. The summed E-state index contributed by atoms with van der Waals surface area (Å²) in [6, 6.07) is 2.22. The number of hydrogen-bond acceptors (Lipinski definition) is 3. The van der Waals surface area contributed by atoms with E-state index >= 15 is 0 Å². The third kappa shape index (κ3) is 2.77. The normalized spacial score (nSPS) is 13.5. The molecule has 4 nitrogen and oxygen atoms in total. The summed E-state index contributed by atoms with van der Waals surface area (Å²) in [5, 5.41) is 18.9. The van der Waals surface area contributed by atoms with Crippen LogP contribution in [0.25, 0.3) is 0 Å². The van der Waals surface area contributed by atoms with Crippen molar-refractivity contribution in [2.24, 2.45) is 5.73 Å². The van der Waals surface area contributed by atoms with E-state index in [1.54, 1.807) is 19.1 Å². The number of hydrogen-bond donors (Lipinski definition) is 3. The van der Waals surface area contributed by atoms with Crippen LogP contribution in [-0.4, -0.2) is 16.2 Å². The summed E-state index contributed by atoms with van der Waals surface area (Å²) in [7, 11) is 0. The molecule has 0 aromatic heterocycles. The molecule has 1 rings (SSSR count). The number of nitrogens with two attached hydrogens (primary N) is 1. The number of aliphatic carboxylic acids is 1. The Morgan fingerprint density at radius 3 is 2.29 bits per heavy atom. The van der Waals surface area contributed by atoms with Crippen LogP contribution in [0.4, 0.5) is 0 Å². The number of phenolic OH excluding ortho intramolecular Hbond substituents is 1. The summed E-state index contributed by atoms with van der Waals surface area (Å²) in [5.41, 5.74) is 7.19. The van der Waals surface area contributed by atoms with Crippen LogP contribution in [0.5, 0.6) is 5.75 Å². The minimum atomic E-state index is -1.07. The molecule has 0 saturated carbocycles. The Morgan fingerprint density at radius 2 is 1.88 bits per heavy atom. The van der Waals surface area contributed by atoms with Crippen LogP contribution in [0.3, 0.4) is 0 Å². The Hall–Kier alpha value is -1.55. The summed E-state index contributed by atoms with van der Waals surface area (Å²) in [6.45, 7) is 7.61. The van der Waals surface area contributed by atoms with Gasteiger partial charge in [0.1, 0.15) is 11.8 Å². The summed E-state index contributed by atoms with van der Waals surface area (Å²) in [5.74, 6) is -0.867. The average molecular weight is 237 g/mol. The number of phenols is 1. The summed E-state index contributed by atoms with van der Waals surface area (Å²) < 4.78 is 0. The zero-order valence-corrected chi connectivity index (χ0v) is 10.6. The van der Waals surface area contributed by atoms with E-state index in [0.29, 0.717) is 16.7 Å². The smallest absolute Gasteiger partial charge is 0.325 e. The molecule has 0 saturated heterocycles. The highest BCUT2D eigenvalue weighted by atomic mass is 16.4. The summed E-state index contributed by atoms with van der Waals surface area (Å²) in [6.07, 6.45) is 0. The number of carboxylic acids is 1. The van der Waals surface area contributed by atoms with Crippen LogP contribution in [-0.2, 0) is 10.2 Å². The van der Waals surface area contributed by atoms with Gasteiger partial charge in [0.25, 0.3) is 0 Å². The Labute approximate surface area is 101 Å². The molecule has 0 fully saturated rings. The highest BCUT2D eigenvalue weighted by Gasteiger charge is 2.23. The van der Waals surface area contributed by atoms with Gasteiger partial charge in [-0.25, -0.2) is 0 Å². The molecule has 0 bridgehead atoms. The molecular formula is C13H19NO3. The van der Waals surface area contributed by atoms with E-state index in [-0.39, 0.29) is 11.2 Å². The number of aromatic hydroxyl groups is 1. The number of carboxylic acid groups (broad SMARTS) is 1. The molecule has 0 spiro atoms. The zero-order valence-electron chi connectivity index (χ0n) is 10.6. The largest absolute Gasteiger partial charge is 0.507 e. The van der Waals surface area contributed by atoms with Gasteiger partial charge in [-0.1, -0.05) is 26.8 Å². The molecule has 4 heteroatoms. The van der Waals surface area contributed by atoms with Gasteiger partial charge in [0.05, 0.1) is 0 Å². The minimum Gasteiger partial charge on any atom is -0.507 e. The molecule has 0 radical (unpaired) electrons. The molecule has 1 unspecified atom stereocenters. The summed E-state index contributed by atoms with van der Waals surface area (Å²) in [4.78, 5) is 10.9. The Morgan fingerprint density at radius 1 is 1.35 bits per heavy atom. The van der Waals surface area contributed by atoms with Crippen LogP contribution >= 0.6 is 0 Å². The highest BCUT2D eigenvalue weighted by molar-refractivity contribution is 5.75. The lowest BCUT2D eigenvalue weighted by Crippen LogP contribution is -2.22. The predicted octanol–water partition coefficient (Wildman–Crippen LogP) is 2.08. The third-order valence-electron chi connectivity index (χ3n) is 2.76. The molecule has 0 amide bonds. The molecule has 1 atom stereocenters. The van der Waals surface area contributed by atoms with Crippen LogP contribution in [0.2, 0.25) is 0 Å². The van der Waals surface area contributed by atoms with E-state index in [9.17, 15) is 9.90 Å². The van der Waals surface area contributed by atoms with Gasteiger partial charge in [-0.2, -0.15) is 0 Å². The van der Waals surface area contributed by atoms with Gasteiger partial charge in [-0.15, -0.1) is 0 Å².